The van der Waals surface area contributed by atoms with Crippen molar-refractivity contribution in [3.63, 3.8) is 0 Å². The minimum Gasteiger partial charge on any atom is -0.0616 e. The molecule has 15 rings (SSSR count). The zero-order valence-corrected chi connectivity index (χ0v) is 43.2. The van der Waals surface area contributed by atoms with Gasteiger partial charge in [0.1, 0.15) is 0 Å². The van der Waals surface area contributed by atoms with E-state index in [2.05, 4.69) is 232 Å². The molecule has 0 radical (unpaired) electrons. The van der Waals surface area contributed by atoms with Crippen molar-refractivity contribution in [2.45, 2.75) is 62.3 Å². The molecule has 0 aliphatic heterocycles. The minimum absolute atomic E-state index is 0.135. The van der Waals surface area contributed by atoms with Crippen LogP contribution in [0.5, 0.6) is 0 Å². The van der Waals surface area contributed by atoms with Crippen molar-refractivity contribution < 1.29 is 0 Å². The van der Waals surface area contributed by atoms with Crippen molar-refractivity contribution in [3.8, 4) is 66.8 Å². The fourth-order valence-electron chi connectivity index (χ4n) is 15.2. The number of hydrogen-bond donors (Lipinski definition) is 0. The SMILES string of the molecule is Cc1ccc(-c2c3c(c(-c4ccc(C)cc4C)c4ccccc24)C2=CC=C4c5ccc6c7c(ccc(c57)C5=CC=C3C2C54C)-c2c-6c(-c3ccc(C)cc3C)c3ccccc3c2-c2ccc(C)cc2C)c(C)c1. The molecule has 0 saturated heterocycles. The smallest absolute Gasteiger partial charge is 0.0296 e. The van der Waals surface area contributed by atoms with Crippen molar-refractivity contribution in [2.24, 2.45) is 11.3 Å². The number of allylic oxidation sites excluding steroid dienone is 8. The maximum atomic E-state index is 2.59. The van der Waals surface area contributed by atoms with E-state index in [0.717, 1.165) is 0 Å². The van der Waals surface area contributed by atoms with Gasteiger partial charge in [0.05, 0.1) is 0 Å². The van der Waals surface area contributed by atoms with Crippen molar-refractivity contribution in [3.05, 3.63) is 237 Å². The molecule has 0 spiro atoms. The molecule has 0 nitrogen and oxygen atoms in total. The quantitative estimate of drug-likeness (QED) is 0.165. The van der Waals surface area contributed by atoms with Gasteiger partial charge in [0, 0.05) is 11.3 Å². The van der Waals surface area contributed by atoms with E-state index in [9.17, 15) is 0 Å². The first-order valence-corrected chi connectivity index (χ1v) is 26.4. The fourth-order valence-corrected chi connectivity index (χ4v) is 15.2. The third-order valence-corrected chi connectivity index (χ3v) is 18.1. The van der Waals surface area contributed by atoms with Crippen molar-refractivity contribution in [2.75, 3.05) is 0 Å². The topological polar surface area (TPSA) is 0 Å². The highest BCUT2D eigenvalue weighted by atomic mass is 14.6. The maximum Gasteiger partial charge on any atom is 0.0296 e. The van der Waals surface area contributed by atoms with E-state index >= 15 is 0 Å². The normalized spacial score (nSPS) is 17.4. The highest BCUT2D eigenvalue weighted by Gasteiger charge is 2.55. The van der Waals surface area contributed by atoms with Gasteiger partial charge in [0.2, 0.25) is 0 Å². The van der Waals surface area contributed by atoms with Gasteiger partial charge in [-0.25, -0.2) is 0 Å². The van der Waals surface area contributed by atoms with E-state index in [0.29, 0.717) is 0 Å². The molecular formula is C73H56. The summed E-state index contributed by atoms with van der Waals surface area (Å²) in [5.74, 6) is 0.135. The summed E-state index contributed by atoms with van der Waals surface area (Å²) < 4.78 is 0. The van der Waals surface area contributed by atoms with E-state index in [4.69, 9.17) is 0 Å². The first kappa shape index (κ1) is 42.6. The van der Waals surface area contributed by atoms with Crippen molar-refractivity contribution >= 4 is 54.6 Å². The number of rotatable bonds is 4. The first-order chi connectivity index (χ1) is 35.4. The molecule has 10 aromatic rings. The molecule has 0 N–H and O–H groups in total. The molecule has 73 heavy (non-hydrogen) atoms. The third kappa shape index (κ3) is 5.46. The molecule has 5 aliphatic rings. The molecule has 0 atom stereocenters. The summed E-state index contributed by atoms with van der Waals surface area (Å²) in [7, 11) is 0. The van der Waals surface area contributed by atoms with Crippen molar-refractivity contribution in [1.82, 2.24) is 0 Å². The Bertz CT molecular complexity index is 4130. The van der Waals surface area contributed by atoms with Crippen LogP contribution >= 0.6 is 0 Å². The Morgan fingerprint density at radius 3 is 0.904 bits per heavy atom. The molecule has 0 saturated carbocycles. The van der Waals surface area contributed by atoms with Crippen LogP contribution in [0.2, 0.25) is 0 Å². The molecule has 0 heteroatoms. The van der Waals surface area contributed by atoms with Gasteiger partial charge in [-0.15, -0.1) is 0 Å². The summed E-state index contributed by atoms with van der Waals surface area (Å²) in [6, 6.07) is 56.7. The highest BCUT2D eigenvalue weighted by molar-refractivity contribution is 6.31. The molecule has 10 aromatic carbocycles. The van der Waals surface area contributed by atoms with E-state index in [1.54, 1.807) is 0 Å². The lowest BCUT2D eigenvalue weighted by Crippen LogP contribution is -2.35. The van der Waals surface area contributed by atoms with Crippen LogP contribution in [0, 0.1) is 66.7 Å². The van der Waals surface area contributed by atoms with Gasteiger partial charge in [-0.1, -0.05) is 199 Å². The second-order valence-electron chi connectivity index (χ2n) is 22.5. The molecule has 0 aromatic heterocycles. The Morgan fingerprint density at radius 2 is 0.575 bits per heavy atom. The Labute approximate surface area is 429 Å². The highest BCUT2D eigenvalue weighted by Crippen LogP contribution is 2.72. The van der Waals surface area contributed by atoms with Crippen LogP contribution in [-0.2, 0) is 0 Å². The largest absolute Gasteiger partial charge is 0.0616 e. The van der Waals surface area contributed by atoms with Crippen LogP contribution < -0.4 is 0 Å². The fraction of sp³-hybridized carbons (Fsp3) is 0.151. The van der Waals surface area contributed by atoms with Crippen LogP contribution in [-0.4, -0.2) is 0 Å². The minimum atomic E-state index is -0.314. The summed E-state index contributed by atoms with van der Waals surface area (Å²) in [5.41, 5.74) is 37.5. The molecule has 0 heterocycles. The second kappa shape index (κ2) is 14.8. The summed E-state index contributed by atoms with van der Waals surface area (Å²) in [4.78, 5) is 0. The Balaban J connectivity index is 1.05. The van der Waals surface area contributed by atoms with Crippen LogP contribution in [0.4, 0.5) is 0 Å². The van der Waals surface area contributed by atoms with Crippen LogP contribution in [0.15, 0.2) is 170 Å². The molecule has 0 amide bonds. The average Bonchev–Trinajstić information content (AvgIpc) is 3.89. The lowest BCUT2D eigenvalue weighted by Gasteiger charge is -2.48. The molecule has 0 unspecified atom stereocenters. The van der Waals surface area contributed by atoms with Gasteiger partial charge < -0.3 is 0 Å². The van der Waals surface area contributed by atoms with E-state index < -0.39 is 0 Å². The van der Waals surface area contributed by atoms with Gasteiger partial charge in [-0.3, -0.25) is 0 Å². The molecule has 0 fully saturated rings. The number of hydrogen-bond acceptors (Lipinski definition) is 0. The van der Waals surface area contributed by atoms with Gasteiger partial charge >= 0.3 is 0 Å². The van der Waals surface area contributed by atoms with E-state index in [1.165, 1.54) is 188 Å². The summed E-state index contributed by atoms with van der Waals surface area (Å²) in [6.45, 7) is 20.7. The van der Waals surface area contributed by atoms with E-state index in [1.807, 2.05) is 0 Å². The number of fused-ring (bicyclic) bond motifs is 10. The van der Waals surface area contributed by atoms with Gasteiger partial charge in [0.15, 0.2) is 0 Å². The molecular weight excluding hydrogens is 877 g/mol. The average molecular weight is 933 g/mol. The lowest BCUT2D eigenvalue weighted by molar-refractivity contribution is 0.520. The zero-order chi connectivity index (χ0) is 49.5. The standard InChI is InChI=1S/C73H56/c1-38-18-22-46(42(5)34-38)62-50-14-10-11-15-51(50)63(47-23-19-39(2)35-43(47)6)69-57-29-27-55-61-33-31-59-71-65(49-25-21-41(4)37-45(49)8)53-17-13-12-16-52(53)64(48-24-20-40(3)36-44(48)7)70(71)58-30-32-60(73(61,9)72(58)59)54-26-28-56(68(62)69)67(57)66(54)55/h10-37,72H,1-9H3. The summed E-state index contributed by atoms with van der Waals surface area (Å²) >= 11 is 0. The predicted octanol–water partition coefficient (Wildman–Crippen LogP) is 19.8. The molecule has 5 aliphatic carbocycles. The van der Waals surface area contributed by atoms with Crippen molar-refractivity contribution in [1.29, 1.82) is 0 Å². The Kier molecular flexibility index (Phi) is 8.62. The van der Waals surface area contributed by atoms with E-state index in [-0.39, 0.29) is 11.3 Å². The maximum absolute atomic E-state index is 2.59. The van der Waals surface area contributed by atoms with Crippen LogP contribution in [0.1, 0.15) is 73.7 Å². The van der Waals surface area contributed by atoms with Crippen LogP contribution in [0.3, 0.4) is 0 Å². The monoisotopic (exact) mass is 932 g/mol. The lowest BCUT2D eigenvalue weighted by atomic mass is 9.53. The Morgan fingerprint density at radius 1 is 0.288 bits per heavy atom. The molecule has 0 bridgehead atoms. The second-order valence-corrected chi connectivity index (χ2v) is 22.5. The van der Waals surface area contributed by atoms with Gasteiger partial charge in [-0.2, -0.15) is 0 Å². The predicted molar refractivity (Wildman–Crippen MR) is 313 cm³/mol. The first-order valence-electron chi connectivity index (χ1n) is 26.4. The van der Waals surface area contributed by atoms with Gasteiger partial charge in [0.25, 0.3) is 0 Å². The number of aryl methyl sites for hydroxylation is 8. The molecule has 348 valence electrons. The summed E-state index contributed by atoms with van der Waals surface area (Å²) in [6.07, 6.45) is 10.2. The summed E-state index contributed by atoms with van der Waals surface area (Å²) in [5, 5.41) is 8.04. The zero-order valence-electron chi connectivity index (χ0n) is 43.2. The Hall–Kier alpha value is -8.06. The number of benzene rings is 10. The third-order valence-electron chi connectivity index (χ3n) is 18.1. The van der Waals surface area contributed by atoms with Crippen LogP contribution in [0.25, 0.3) is 121 Å². The van der Waals surface area contributed by atoms with Gasteiger partial charge in [-0.05, 0) is 221 Å².